The molecule has 12 heteroatoms. The number of aliphatic hydroxyl groups is 1. The van der Waals surface area contributed by atoms with Gasteiger partial charge in [-0.05, 0) is 61.4 Å². The molecule has 3 aromatic heterocycles. The number of aryl methyl sites for hydroxylation is 1. The average Bonchev–Trinajstić information content (AvgIpc) is 3.58. The molecule has 1 N–H and O–H groups in total. The van der Waals surface area contributed by atoms with Crippen molar-refractivity contribution in [2.24, 2.45) is 0 Å². The van der Waals surface area contributed by atoms with E-state index in [1.807, 2.05) is 0 Å². The van der Waals surface area contributed by atoms with Crippen LogP contribution in [0.1, 0.15) is 29.1 Å². The number of carbonyl (C=O) groups excluding carboxylic acids is 1. The number of hydrogen-bond donors (Lipinski definition) is 1. The molecule has 0 spiro atoms. The molecule has 6 rings (SSSR count). The van der Waals surface area contributed by atoms with Gasteiger partial charge in [0.25, 0.3) is 11.5 Å². The van der Waals surface area contributed by atoms with E-state index in [1.54, 1.807) is 48.2 Å². The van der Waals surface area contributed by atoms with Gasteiger partial charge in [0, 0.05) is 31.1 Å². The molecule has 1 saturated heterocycles. The topological polar surface area (TPSA) is 132 Å². The van der Waals surface area contributed by atoms with Crippen LogP contribution >= 0.6 is 0 Å². The number of piperidine rings is 1. The quantitative estimate of drug-likeness (QED) is 0.368. The van der Waals surface area contributed by atoms with Gasteiger partial charge in [-0.2, -0.15) is 5.10 Å². The van der Waals surface area contributed by atoms with Crippen molar-refractivity contribution in [2.45, 2.75) is 31.9 Å². The molecular weight excluding hydrogens is 505 g/mol. The third-order valence-electron chi connectivity index (χ3n) is 6.98. The van der Waals surface area contributed by atoms with Crippen molar-refractivity contribution in [3.8, 4) is 17.1 Å². The third-order valence-corrected chi connectivity index (χ3v) is 6.98. The first-order chi connectivity index (χ1) is 18.8. The van der Waals surface area contributed by atoms with Crippen LogP contribution in [-0.2, 0) is 6.54 Å². The van der Waals surface area contributed by atoms with E-state index in [2.05, 4.69) is 20.3 Å². The van der Waals surface area contributed by atoms with Gasteiger partial charge >= 0.3 is 0 Å². The van der Waals surface area contributed by atoms with Gasteiger partial charge in [-0.15, -0.1) is 10.2 Å². The van der Waals surface area contributed by atoms with Gasteiger partial charge < -0.3 is 14.4 Å². The Kier molecular flexibility index (Phi) is 6.03. The Morgan fingerprint density at radius 1 is 1.08 bits per heavy atom. The van der Waals surface area contributed by atoms with Crippen molar-refractivity contribution < 1.29 is 18.7 Å². The summed E-state index contributed by atoms with van der Waals surface area (Å²) in [5.74, 6) is 0.336. The van der Waals surface area contributed by atoms with E-state index in [1.165, 1.54) is 33.9 Å². The van der Waals surface area contributed by atoms with E-state index < -0.39 is 5.60 Å². The van der Waals surface area contributed by atoms with Crippen LogP contribution < -0.4 is 5.56 Å². The molecule has 1 aliphatic rings. The Balaban J connectivity index is 1.13. The van der Waals surface area contributed by atoms with Gasteiger partial charge in [0.2, 0.25) is 11.8 Å². The van der Waals surface area contributed by atoms with Crippen molar-refractivity contribution >= 4 is 16.9 Å². The third kappa shape index (κ3) is 4.70. The van der Waals surface area contributed by atoms with Crippen LogP contribution in [-0.4, -0.2) is 64.1 Å². The number of benzene rings is 2. The van der Waals surface area contributed by atoms with Crippen LogP contribution in [0.15, 0.2) is 70.3 Å². The zero-order valence-electron chi connectivity index (χ0n) is 21.0. The second kappa shape index (κ2) is 9.55. The number of rotatable bonds is 5. The molecule has 198 valence electrons. The van der Waals surface area contributed by atoms with Crippen LogP contribution in [0.4, 0.5) is 4.39 Å². The minimum atomic E-state index is -1.18. The summed E-state index contributed by atoms with van der Waals surface area (Å²) >= 11 is 0. The highest BCUT2D eigenvalue weighted by atomic mass is 19.1. The van der Waals surface area contributed by atoms with Gasteiger partial charge in [-0.1, -0.05) is 0 Å². The number of hydrogen-bond acceptors (Lipinski definition) is 8. The molecule has 0 radical (unpaired) electrons. The van der Waals surface area contributed by atoms with E-state index >= 15 is 0 Å². The average molecular weight is 530 g/mol. The summed E-state index contributed by atoms with van der Waals surface area (Å²) in [5.41, 5.74) is 0.644. The molecule has 1 aliphatic heterocycles. The largest absolute Gasteiger partial charge is 0.421 e. The maximum atomic E-state index is 13.3. The van der Waals surface area contributed by atoms with Crippen molar-refractivity contribution in [3.63, 3.8) is 0 Å². The normalized spacial score (nSPS) is 15.1. The lowest BCUT2D eigenvalue weighted by molar-refractivity contribution is -0.0299. The maximum absolute atomic E-state index is 13.3. The van der Waals surface area contributed by atoms with E-state index in [0.29, 0.717) is 54.6 Å². The molecule has 2 aromatic carbocycles. The van der Waals surface area contributed by atoms with Gasteiger partial charge in [-0.3, -0.25) is 14.2 Å². The van der Waals surface area contributed by atoms with Gasteiger partial charge in [0.15, 0.2) is 5.65 Å². The standard InChI is InChI=1S/C27H24FN7O4/c1-17-31-32-24(39-17)18-2-4-19(5-3-18)25(36)33-12-10-27(38,11-13-33)15-34-16-29-23-22(26(34)37)14-30-35(23)21-8-6-20(28)7-9-21/h2-9,14,16,38H,10-13,15H2,1H3. The first-order valence-electron chi connectivity index (χ1n) is 12.4. The molecule has 0 unspecified atom stereocenters. The molecule has 11 nitrogen and oxygen atoms in total. The number of amides is 1. The summed E-state index contributed by atoms with van der Waals surface area (Å²) < 4.78 is 21.6. The molecule has 0 aliphatic carbocycles. The van der Waals surface area contributed by atoms with Crippen LogP contribution in [0.2, 0.25) is 0 Å². The Morgan fingerprint density at radius 2 is 1.79 bits per heavy atom. The molecule has 4 heterocycles. The second-order valence-corrected chi connectivity index (χ2v) is 9.67. The lowest BCUT2D eigenvalue weighted by Gasteiger charge is -2.38. The number of halogens is 1. The van der Waals surface area contributed by atoms with Crippen molar-refractivity contribution in [3.05, 3.63) is 88.7 Å². The second-order valence-electron chi connectivity index (χ2n) is 9.67. The molecule has 1 fully saturated rings. The first-order valence-corrected chi connectivity index (χ1v) is 12.4. The molecule has 0 atom stereocenters. The minimum Gasteiger partial charge on any atom is -0.421 e. The molecule has 1 amide bonds. The van der Waals surface area contributed by atoms with Crippen LogP contribution in [0.25, 0.3) is 28.2 Å². The SMILES string of the molecule is Cc1nnc(-c2ccc(C(=O)N3CCC(O)(Cn4cnc5c(cnn5-c5ccc(F)cc5)c4=O)CC3)cc2)o1. The maximum Gasteiger partial charge on any atom is 0.264 e. The monoisotopic (exact) mass is 529 g/mol. The van der Waals surface area contributed by atoms with E-state index in [-0.39, 0.29) is 29.2 Å². The summed E-state index contributed by atoms with van der Waals surface area (Å²) in [6.07, 6.45) is 3.41. The lowest BCUT2D eigenvalue weighted by Crippen LogP contribution is -2.49. The highest BCUT2D eigenvalue weighted by Crippen LogP contribution is 2.26. The summed E-state index contributed by atoms with van der Waals surface area (Å²) in [7, 11) is 0. The van der Waals surface area contributed by atoms with Crippen LogP contribution in [0.3, 0.4) is 0 Å². The number of aromatic nitrogens is 6. The Hall–Kier alpha value is -4.71. The predicted octanol–water partition coefficient (Wildman–Crippen LogP) is 2.75. The fraction of sp³-hybridized carbons (Fsp3) is 0.259. The van der Waals surface area contributed by atoms with Crippen LogP contribution in [0, 0.1) is 12.7 Å². The Labute approximate surface area is 221 Å². The lowest BCUT2D eigenvalue weighted by atomic mass is 9.91. The van der Waals surface area contributed by atoms with Crippen molar-refractivity contribution in [2.75, 3.05) is 13.1 Å². The van der Waals surface area contributed by atoms with Crippen molar-refractivity contribution in [1.29, 1.82) is 0 Å². The summed E-state index contributed by atoms with van der Waals surface area (Å²) in [5, 5.41) is 23.6. The summed E-state index contributed by atoms with van der Waals surface area (Å²) in [4.78, 5) is 32.3. The number of fused-ring (bicyclic) bond motifs is 1. The fourth-order valence-electron chi connectivity index (χ4n) is 4.78. The van der Waals surface area contributed by atoms with E-state index in [0.717, 1.165) is 5.56 Å². The summed E-state index contributed by atoms with van der Waals surface area (Å²) in [6.45, 7) is 2.43. The fourth-order valence-corrected chi connectivity index (χ4v) is 4.78. The zero-order chi connectivity index (χ0) is 27.1. The zero-order valence-corrected chi connectivity index (χ0v) is 21.0. The van der Waals surface area contributed by atoms with Crippen molar-refractivity contribution in [1.82, 2.24) is 34.4 Å². The van der Waals surface area contributed by atoms with Gasteiger partial charge in [0.05, 0.1) is 24.0 Å². The molecule has 0 bridgehead atoms. The Bertz CT molecular complexity index is 1720. The molecular formula is C27H24FN7O4. The number of carbonyl (C=O) groups is 1. The van der Waals surface area contributed by atoms with Gasteiger partial charge in [-0.25, -0.2) is 14.1 Å². The highest BCUT2D eigenvalue weighted by Gasteiger charge is 2.35. The van der Waals surface area contributed by atoms with Crippen LogP contribution in [0.5, 0.6) is 0 Å². The summed E-state index contributed by atoms with van der Waals surface area (Å²) in [6, 6.07) is 12.7. The van der Waals surface area contributed by atoms with E-state index in [4.69, 9.17) is 4.42 Å². The predicted molar refractivity (Wildman–Crippen MR) is 138 cm³/mol. The number of nitrogens with zero attached hydrogens (tertiary/aromatic N) is 7. The molecule has 0 saturated carbocycles. The molecule has 5 aromatic rings. The van der Waals surface area contributed by atoms with Gasteiger partial charge in [0.1, 0.15) is 17.5 Å². The highest BCUT2D eigenvalue weighted by molar-refractivity contribution is 5.94. The molecule has 39 heavy (non-hydrogen) atoms. The first kappa shape index (κ1) is 24.6. The smallest absolute Gasteiger partial charge is 0.264 e. The Morgan fingerprint density at radius 3 is 2.46 bits per heavy atom. The minimum absolute atomic E-state index is 0.0385. The van der Waals surface area contributed by atoms with E-state index in [9.17, 15) is 19.1 Å². The number of likely N-dealkylation sites (tertiary alicyclic amines) is 1.